The normalized spacial score (nSPS) is 19.0. The van der Waals surface area contributed by atoms with Crippen molar-refractivity contribution in [3.8, 4) is 28.7 Å². The van der Waals surface area contributed by atoms with Crippen molar-refractivity contribution in [2.45, 2.75) is 45.1 Å². The van der Waals surface area contributed by atoms with Gasteiger partial charge in [-0.15, -0.1) is 6.58 Å². The largest absolute Gasteiger partial charge is 0.435 e. The highest BCUT2D eigenvalue weighted by molar-refractivity contribution is 5.65. The second-order valence-corrected chi connectivity index (χ2v) is 7.33. The molecule has 0 unspecified atom stereocenters. The Morgan fingerprint density at radius 1 is 0.964 bits per heavy atom. The molecule has 3 heteroatoms. The van der Waals surface area contributed by atoms with E-state index in [1.54, 1.807) is 24.3 Å². The topological polar surface area (TPSA) is 9.23 Å². The summed E-state index contributed by atoms with van der Waals surface area (Å²) in [5.74, 6) is 8.26. The Kier molecular flexibility index (Phi) is 7.25. The summed E-state index contributed by atoms with van der Waals surface area (Å²) in [4.78, 5) is 0. The Labute approximate surface area is 166 Å². The molecule has 1 fully saturated rings. The van der Waals surface area contributed by atoms with Gasteiger partial charge in [-0.05, 0) is 79.8 Å². The Morgan fingerprint density at radius 3 is 2.14 bits per heavy atom. The molecule has 146 valence electrons. The van der Waals surface area contributed by atoms with Gasteiger partial charge in [-0.3, -0.25) is 0 Å². The quantitative estimate of drug-likeness (QED) is 0.384. The molecule has 0 bridgehead atoms. The van der Waals surface area contributed by atoms with E-state index >= 15 is 0 Å². The molecular weight excluding hydrogens is 354 g/mol. The van der Waals surface area contributed by atoms with Crippen LogP contribution in [0.2, 0.25) is 0 Å². The molecule has 28 heavy (non-hydrogen) atoms. The highest BCUT2D eigenvalue weighted by Gasteiger charge is 2.18. The highest BCUT2D eigenvalue weighted by Crippen LogP contribution is 2.31. The number of hydrogen-bond donors (Lipinski definition) is 0. The number of hydrogen-bond acceptors (Lipinski definition) is 1. The smallest absolute Gasteiger partial charge is 0.387 e. The zero-order valence-corrected chi connectivity index (χ0v) is 16.0. The van der Waals surface area contributed by atoms with Crippen LogP contribution in [-0.4, -0.2) is 6.61 Å². The second kappa shape index (κ2) is 10.1. The van der Waals surface area contributed by atoms with Gasteiger partial charge in [0.25, 0.3) is 0 Å². The second-order valence-electron chi connectivity index (χ2n) is 7.33. The molecule has 0 heterocycles. The van der Waals surface area contributed by atoms with Gasteiger partial charge in [0.2, 0.25) is 0 Å². The number of alkyl halides is 2. The fourth-order valence-corrected chi connectivity index (χ4v) is 3.71. The summed E-state index contributed by atoms with van der Waals surface area (Å²) in [6, 6.07) is 14.7. The van der Waals surface area contributed by atoms with E-state index in [1.807, 2.05) is 30.3 Å². The van der Waals surface area contributed by atoms with Gasteiger partial charge in [-0.2, -0.15) is 8.78 Å². The highest BCUT2D eigenvalue weighted by atomic mass is 19.3. The summed E-state index contributed by atoms with van der Waals surface area (Å²) in [6.07, 6.45) is 9.34. The third-order valence-electron chi connectivity index (χ3n) is 5.34. The van der Waals surface area contributed by atoms with E-state index in [0.29, 0.717) is 5.92 Å². The van der Waals surface area contributed by atoms with Crippen LogP contribution in [0.4, 0.5) is 8.78 Å². The molecule has 0 N–H and O–H groups in total. The van der Waals surface area contributed by atoms with Crippen LogP contribution in [0.1, 0.15) is 44.1 Å². The van der Waals surface area contributed by atoms with Crippen molar-refractivity contribution < 1.29 is 13.5 Å². The fourth-order valence-electron chi connectivity index (χ4n) is 3.71. The molecule has 0 saturated heterocycles. The standard InChI is InChI=1S/C25H26F2O/c1-2-3-4-19-5-7-20(8-6-19)9-10-21-11-13-22(14-12-21)23-15-17-24(18-16-23)28-25(26)27/h2,11-20,25H,1,3-8H2/t19-,20-. The fraction of sp³-hybridized carbons (Fsp3) is 0.360. The average molecular weight is 380 g/mol. The summed E-state index contributed by atoms with van der Waals surface area (Å²) in [5, 5.41) is 0. The predicted octanol–water partition coefficient (Wildman–Crippen LogP) is 7.08. The van der Waals surface area contributed by atoms with Crippen LogP contribution in [0.15, 0.2) is 61.2 Å². The molecule has 2 aromatic carbocycles. The van der Waals surface area contributed by atoms with Gasteiger partial charge in [-0.1, -0.05) is 42.2 Å². The summed E-state index contributed by atoms with van der Waals surface area (Å²) >= 11 is 0. The van der Waals surface area contributed by atoms with E-state index in [1.165, 1.54) is 32.1 Å². The minimum absolute atomic E-state index is 0.167. The van der Waals surface area contributed by atoms with Crippen molar-refractivity contribution in [3.05, 3.63) is 66.7 Å². The molecule has 0 aliphatic heterocycles. The molecule has 1 saturated carbocycles. The molecule has 1 aliphatic rings. The maximum absolute atomic E-state index is 12.2. The van der Waals surface area contributed by atoms with Crippen LogP contribution < -0.4 is 4.74 Å². The molecule has 2 aromatic rings. The Balaban J connectivity index is 1.55. The molecule has 0 amide bonds. The lowest BCUT2D eigenvalue weighted by molar-refractivity contribution is -0.0498. The molecule has 0 radical (unpaired) electrons. The van der Waals surface area contributed by atoms with Crippen molar-refractivity contribution in [3.63, 3.8) is 0 Å². The van der Waals surface area contributed by atoms with Crippen LogP contribution in [0, 0.1) is 23.7 Å². The van der Waals surface area contributed by atoms with Gasteiger partial charge in [0.15, 0.2) is 0 Å². The third-order valence-corrected chi connectivity index (χ3v) is 5.34. The van der Waals surface area contributed by atoms with Gasteiger partial charge in [-0.25, -0.2) is 0 Å². The predicted molar refractivity (Wildman–Crippen MR) is 110 cm³/mol. The van der Waals surface area contributed by atoms with Crippen LogP contribution in [0.25, 0.3) is 11.1 Å². The zero-order chi connectivity index (χ0) is 19.8. The summed E-state index contributed by atoms with van der Waals surface area (Å²) in [5.41, 5.74) is 2.99. The molecule has 0 spiro atoms. The minimum Gasteiger partial charge on any atom is -0.435 e. The lowest BCUT2D eigenvalue weighted by Gasteiger charge is -2.25. The number of rotatable bonds is 6. The maximum atomic E-state index is 12.2. The molecular formula is C25H26F2O. The molecule has 3 rings (SSSR count). The Hall–Kier alpha value is -2.60. The van der Waals surface area contributed by atoms with Crippen molar-refractivity contribution >= 4 is 0 Å². The van der Waals surface area contributed by atoms with E-state index in [-0.39, 0.29) is 5.75 Å². The lowest BCUT2D eigenvalue weighted by atomic mass is 9.80. The summed E-state index contributed by atoms with van der Waals surface area (Å²) in [6.45, 7) is 1.01. The van der Waals surface area contributed by atoms with Crippen molar-refractivity contribution in [1.82, 2.24) is 0 Å². The van der Waals surface area contributed by atoms with Gasteiger partial charge in [0, 0.05) is 11.5 Å². The first kappa shape index (κ1) is 20.1. The van der Waals surface area contributed by atoms with Crippen molar-refractivity contribution in [2.24, 2.45) is 11.8 Å². The number of benzene rings is 2. The SMILES string of the molecule is C=CCC[C@H]1CC[C@H](C#Cc2ccc(-c3ccc(OC(F)F)cc3)cc2)CC1. The maximum Gasteiger partial charge on any atom is 0.387 e. The van der Waals surface area contributed by atoms with E-state index in [9.17, 15) is 8.78 Å². The molecule has 0 atom stereocenters. The number of halogens is 2. The number of allylic oxidation sites excluding steroid dienone is 1. The summed E-state index contributed by atoms with van der Waals surface area (Å²) in [7, 11) is 0. The van der Waals surface area contributed by atoms with Crippen molar-refractivity contribution in [2.75, 3.05) is 0 Å². The lowest BCUT2D eigenvalue weighted by Crippen LogP contribution is -2.13. The van der Waals surface area contributed by atoms with Gasteiger partial charge < -0.3 is 4.74 Å². The van der Waals surface area contributed by atoms with E-state index in [2.05, 4.69) is 23.2 Å². The summed E-state index contributed by atoms with van der Waals surface area (Å²) < 4.78 is 28.8. The van der Waals surface area contributed by atoms with E-state index < -0.39 is 6.61 Å². The van der Waals surface area contributed by atoms with Crippen LogP contribution in [-0.2, 0) is 0 Å². The molecule has 1 nitrogen and oxygen atoms in total. The Bertz CT molecular complexity index is 804. The van der Waals surface area contributed by atoms with E-state index in [4.69, 9.17) is 0 Å². The minimum atomic E-state index is -2.80. The zero-order valence-electron chi connectivity index (χ0n) is 16.0. The monoisotopic (exact) mass is 380 g/mol. The van der Waals surface area contributed by atoms with Crippen molar-refractivity contribution in [1.29, 1.82) is 0 Å². The third kappa shape index (κ3) is 5.96. The first-order chi connectivity index (χ1) is 13.6. The first-order valence-corrected chi connectivity index (χ1v) is 9.92. The van der Waals surface area contributed by atoms with Gasteiger partial charge in [0.05, 0.1) is 0 Å². The number of ether oxygens (including phenoxy) is 1. The van der Waals surface area contributed by atoms with Crippen LogP contribution >= 0.6 is 0 Å². The average Bonchev–Trinajstić information content (AvgIpc) is 2.72. The Morgan fingerprint density at radius 2 is 1.57 bits per heavy atom. The van der Waals surface area contributed by atoms with E-state index in [0.717, 1.165) is 29.0 Å². The van der Waals surface area contributed by atoms with Crippen LogP contribution in [0.3, 0.4) is 0 Å². The van der Waals surface area contributed by atoms with Crippen LogP contribution in [0.5, 0.6) is 5.75 Å². The molecule has 0 aromatic heterocycles. The first-order valence-electron chi connectivity index (χ1n) is 9.92. The van der Waals surface area contributed by atoms with Gasteiger partial charge in [0.1, 0.15) is 5.75 Å². The van der Waals surface area contributed by atoms with Gasteiger partial charge >= 0.3 is 6.61 Å². The molecule has 1 aliphatic carbocycles.